The number of nitrogens with zero attached hydrogens (tertiary/aromatic N) is 3. The lowest BCUT2D eigenvalue weighted by Gasteiger charge is -2.30. The Morgan fingerprint density at radius 3 is 2.64 bits per heavy atom. The van der Waals surface area contributed by atoms with E-state index in [9.17, 15) is 9.18 Å². The van der Waals surface area contributed by atoms with E-state index in [0.29, 0.717) is 0 Å². The molecule has 1 aliphatic heterocycles. The zero-order chi connectivity index (χ0) is 18.3. The molecule has 8 heteroatoms. The third-order valence-corrected chi connectivity index (χ3v) is 6.03. The monoisotopic (exact) mass is 428 g/mol. The van der Waals surface area contributed by atoms with Gasteiger partial charge in [0, 0.05) is 31.8 Å². The van der Waals surface area contributed by atoms with E-state index in [0.717, 1.165) is 43.5 Å². The Morgan fingerprint density at radius 1 is 1.32 bits per heavy atom. The number of aromatic nitrogens is 2. The molecular formula is C20H27Cl2FN4O. The molecule has 1 N–H and O–H groups in total. The lowest BCUT2D eigenvalue weighted by Crippen LogP contribution is -2.36. The van der Waals surface area contributed by atoms with Crippen molar-refractivity contribution in [1.29, 1.82) is 0 Å². The smallest absolute Gasteiger partial charge is 0.226 e. The first-order chi connectivity index (χ1) is 12.5. The van der Waals surface area contributed by atoms with Gasteiger partial charge in [0.25, 0.3) is 0 Å². The van der Waals surface area contributed by atoms with Crippen LogP contribution in [0.25, 0.3) is 0 Å². The average Bonchev–Trinajstić information content (AvgIpc) is 3.14. The van der Waals surface area contributed by atoms with Gasteiger partial charge in [-0.15, -0.1) is 24.8 Å². The Hall–Kier alpha value is -1.63. The zero-order valence-corrected chi connectivity index (χ0v) is 17.7. The lowest BCUT2D eigenvalue weighted by atomic mass is 9.91. The molecular weight excluding hydrogens is 402 g/mol. The minimum atomic E-state index is -0.328. The molecule has 2 heterocycles. The number of halogens is 3. The largest absolute Gasteiger partial charge is 0.334 e. The number of carbonyl (C=O) groups excluding carboxylic acids is 1. The Balaban J connectivity index is 0.00000140. The van der Waals surface area contributed by atoms with Crippen molar-refractivity contribution >= 4 is 30.7 Å². The summed E-state index contributed by atoms with van der Waals surface area (Å²) < 4.78 is 15.6. The second-order valence-corrected chi connectivity index (χ2v) is 7.72. The van der Waals surface area contributed by atoms with Crippen LogP contribution in [0, 0.1) is 17.2 Å². The van der Waals surface area contributed by atoms with Gasteiger partial charge in [-0.3, -0.25) is 9.48 Å². The quantitative estimate of drug-likeness (QED) is 0.811. The number of nitrogens with one attached hydrogen (secondary N) is 1. The van der Waals surface area contributed by atoms with Crippen molar-refractivity contribution < 1.29 is 9.18 Å². The van der Waals surface area contributed by atoms with Gasteiger partial charge in [-0.25, -0.2) is 4.39 Å². The van der Waals surface area contributed by atoms with Crippen molar-refractivity contribution in [2.45, 2.75) is 25.3 Å². The van der Waals surface area contributed by atoms with Crippen molar-refractivity contribution in [3.63, 3.8) is 0 Å². The molecule has 2 atom stereocenters. The maximum Gasteiger partial charge on any atom is 0.226 e. The highest BCUT2D eigenvalue weighted by Gasteiger charge is 2.58. The van der Waals surface area contributed by atoms with Gasteiger partial charge in [0.2, 0.25) is 5.91 Å². The maximum absolute atomic E-state index is 13.8. The molecule has 1 saturated carbocycles. The van der Waals surface area contributed by atoms with Crippen LogP contribution in [0.1, 0.15) is 36.4 Å². The summed E-state index contributed by atoms with van der Waals surface area (Å²) in [6.45, 7) is 1.98. The van der Waals surface area contributed by atoms with Gasteiger partial charge in [0.05, 0.1) is 12.2 Å². The minimum absolute atomic E-state index is 0. The predicted molar refractivity (Wildman–Crippen MR) is 111 cm³/mol. The van der Waals surface area contributed by atoms with Gasteiger partial charge in [0.1, 0.15) is 5.82 Å². The summed E-state index contributed by atoms with van der Waals surface area (Å²) in [5, 5.41) is 7.62. The van der Waals surface area contributed by atoms with Crippen LogP contribution in [0.5, 0.6) is 0 Å². The second kappa shape index (κ2) is 8.80. The van der Waals surface area contributed by atoms with Gasteiger partial charge < -0.3 is 10.2 Å². The fourth-order valence-corrected chi connectivity index (χ4v) is 4.44. The maximum atomic E-state index is 13.8. The minimum Gasteiger partial charge on any atom is -0.334 e. The van der Waals surface area contributed by atoms with E-state index in [1.165, 1.54) is 12.1 Å². The van der Waals surface area contributed by atoms with E-state index in [-0.39, 0.29) is 53.9 Å². The SMILES string of the molecule is CN(C(=O)C1CC12CCNCC2)C(c1cccc(F)c1)c1cnn(C)c1.Cl.Cl. The Kier molecular flexibility index (Phi) is 7.12. The normalized spacial score (nSPS) is 20.6. The van der Waals surface area contributed by atoms with Gasteiger partial charge in [-0.05, 0) is 55.5 Å². The van der Waals surface area contributed by atoms with E-state index >= 15 is 0 Å². The molecule has 1 saturated heterocycles. The third kappa shape index (κ3) is 4.19. The molecule has 5 nitrogen and oxygen atoms in total. The summed E-state index contributed by atoms with van der Waals surface area (Å²) in [5.41, 5.74) is 1.85. The standard InChI is InChI=1S/C20H25FN4O.2ClH/c1-24-13-15(12-23-24)18(14-4-3-5-16(21)10-14)25(2)19(26)17-11-20(17)6-8-22-9-7-20;;/h3-5,10,12-13,17-18,22H,6-9,11H2,1-2H3;2*1H. The molecule has 2 fully saturated rings. The number of benzene rings is 1. The predicted octanol–water partition coefficient (Wildman–Crippen LogP) is 3.34. The first-order valence-corrected chi connectivity index (χ1v) is 9.22. The van der Waals surface area contributed by atoms with E-state index in [1.54, 1.807) is 21.8 Å². The van der Waals surface area contributed by atoms with Crippen LogP contribution in [0.3, 0.4) is 0 Å². The summed E-state index contributed by atoms with van der Waals surface area (Å²) >= 11 is 0. The van der Waals surface area contributed by atoms with Crippen molar-refractivity contribution in [3.8, 4) is 0 Å². The molecule has 1 aromatic heterocycles. The molecule has 2 unspecified atom stereocenters. The van der Waals surface area contributed by atoms with Gasteiger partial charge in [-0.2, -0.15) is 5.10 Å². The highest BCUT2D eigenvalue weighted by molar-refractivity contribution is 5.85. The number of piperidine rings is 1. The Bertz CT molecular complexity index is 822. The number of carbonyl (C=O) groups is 1. The van der Waals surface area contributed by atoms with Gasteiger partial charge in [0.15, 0.2) is 0 Å². The number of rotatable bonds is 4. The van der Waals surface area contributed by atoms with E-state index in [1.807, 2.05) is 26.4 Å². The van der Waals surface area contributed by atoms with Crippen LogP contribution < -0.4 is 5.32 Å². The average molecular weight is 429 g/mol. The van der Waals surface area contributed by atoms with Crippen LogP contribution >= 0.6 is 24.8 Å². The van der Waals surface area contributed by atoms with Crippen LogP contribution in [0.15, 0.2) is 36.7 Å². The molecule has 154 valence electrons. The first-order valence-electron chi connectivity index (χ1n) is 9.22. The summed E-state index contributed by atoms with van der Waals surface area (Å²) in [7, 11) is 3.68. The lowest BCUT2D eigenvalue weighted by molar-refractivity contribution is -0.133. The number of hydrogen-bond donors (Lipinski definition) is 1. The molecule has 2 aromatic rings. The van der Waals surface area contributed by atoms with Crippen LogP contribution in [0.2, 0.25) is 0 Å². The molecule has 2 aliphatic rings. The molecule has 1 aromatic carbocycles. The van der Waals surface area contributed by atoms with Gasteiger partial charge >= 0.3 is 0 Å². The molecule has 0 bridgehead atoms. The van der Waals surface area contributed by atoms with E-state index in [2.05, 4.69) is 10.4 Å². The summed E-state index contributed by atoms with van der Waals surface area (Å²) in [5.74, 6) is -0.0502. The summed E-state index contributed by atoms with van der Waals surface area (Å²) in [6, 6.07) is 6.17. The molecule has 1 aliphatic carbocycles. The second-order valence-electron chi connectivity index (χ2n) is 7.72. The topological polar surface area (TPSA) is 50.2 Å². The summed E-state index contributed by atoms with van der Waals surface area (Å²) in [4.78, 5) is 15.0. The molecule has 4 rings (SSSR count). The molecule has 0 radical (unpaired) electrons. The Labute approximate surface area is 177 Å². The number of hydrogen-bond acceptors (Lipinski definition) is 3. The highest BCUT2D eigenvalue weighted by atomic mass is 35.5. The summed E-state index contributed by atoms with van der Waals surface area (Å²) in [6.07, 6.45) is 6.75. The molecule has 28 heavy (non-hydrogen) atoms. The Morgan fingerprint density at radius 2 is 2.04 bits per heavy atom. The van der Waals surface area contributed by atoms with Crippen molar-refractivity contribution in [2.24, 2.45) is 18.4 Å². The number of aryl methyl sites for hydroxylation is 1. The highest BCUT2D eigenvalue weighted by Crippen LogP contribution is 2.59. The van der Waals surface area contributed by atoms with Crippen molar-refractivity contribution in [1.82, 2.24) is 20.0 Å². The first kappa shape index (κ1) is 22.7. The molecule has 1 spiro atoms. The van der Waals surface area contributed by atoms with Gasteiger partial charge in [-0.1, -0.05) is 12.1 Å². The van der Waals surface area contributed by atoms with Crippen LogP contribution in [-0.4, -0.2) is 40.7 Å². The van der Waals surface area contributed by atoms with E-state index in [4.69, 9.17) is 0 Å². The fraction of sp³-hybridized carbons (Fsp3) is 0.500. The van der Waals surface area contributed by atoms with Crippen LogP contribution in [-0.2, 0) is 11.8 Å². The van der Waals surface area contributed by atoms with E-state index < -0.39 is 0 Å². The number of amides is 1. The van der Waals surface area contributed by atoms with Crippen molar-refractivity contribution in [2.75, 3.05) is 20.1 Å². The fourth-order valence-electron chi connectivity index (χ4n) is 4.44. The van der Waals surface area contributed by atoms with Crippen molar-refractivity contribution in [3.05, 3.63) is 53.6 Å². The third-order valence-electron chi connectivity index (χ3n) is 6.03. The molecule has 1 amide bonds. The zero-order valence-electron chi connectivity index (χ0n) is 16.1. The van der Waals surface area contributed by atoms with Crippen LogP contribution in [0.4, 0.5) is 4.39 Å².